The molecule has 7 nitrogen and oxygen atoms in total. The molecule has 0 radical (unpaired) electrons. The standard InChI is InChI=1S/C17H24ClN3O4/c1-17(2,3)21-20-9-16(15(18)10-23)25-11-13-4-5-14(19-8-13)12-24-7-6-22/h4-5,8-10,21-22H,6-7,11-12H2,1-3H3/b16-15-,20-9-. The molecule has 0 spiro atoms. The molecule has 8 heteroatoms. The van der Waals surface area contributed by atoms with Gasteiger partial charge in [-0.15, -0.1) is 0 Å². The van der Waals surface area contributed by atoms with Crippen molar-refractivity contribution in [1.82, 2.24) is 10.4 Å². The quantitative estimate of drug-likeness (QED) is 0.164. The number of nitrogens with zero attached hydrogens (tertiary/aromatic N) is 2. The second-order valence-corrected chi connectivity index (χ2v) is 6.58. The van der Waals surface area contributed by atoms with Gasteiger partial charge in [-0.05, 0) is 26.8 Å². The monoisotopic (exact) mass is 369 g/mol. The highest BCUT2D eigenvalue weighted by molar-refractivity contribution is 6.40. The van der Waals surface area contributed by atoms with Crippen LogP contribution < -0.4 is 5.43 Å². The van der Waals surface area contributed by atoms with E-state index in [2.05, 4.69) is 15.5 Å². The lowest BCUT2D eigenvalue weighted by atomic mass is 10.1. The van der Waals surface area contributed by atoms with E-state index in [9.17, 15) is 4.79 Å². The molecule has 0 aliphatic heterocycles. The number of ether oxygens (including phenoxy) is 2. The number of aliphatic hydroxyl groups is 1. The fourth-order valence-electron chi connectivity index (χ4n) is 1.54. The summed E-state index contributed by atoms with van der Waals surface area (Å²) in [6, 6.07) is 3.64. The molecule has 0 saturated heterocycles. The van der Waals surface area contributed by atoms with Crippen molar-refractivity contribution in [1.29, 1.82) is 0 Å². The molecular weight excluding hydrogens is 346 g/mol. The van der Waals surface area contributed by atoms with Crippen molar-refractivity contribution in [2.24, 2.45) is 5.10 Å². The fraction of sp³-hybridized carbons (Fsp3) is 0.471. The number of aldehydes is 1. The number of allylic oxidation sites excluding steroid dienone is 2. The van der Waals surface area contributed by atoms with Gasteiger partial charge < -0.3 is 20.0 Å². The summed E-state index contributed by atoms with van der Waals surface area (Å²) in [5.41, 5.74) is 4.23. The van der Waals surface area contributed by atoms with E-state index in [1.165, 1.54) is 6.21 Å². The molecule has 1 aromatic heterocycles. The smallest absolute Gasteiger partial charge is 0.165 e. The van der Waals surface area contributed by atoms with E-state index in [1.807, 2.05) is 26.8 Å². The van der Waals surface area contributed by atoms with Crippen molar-refractivity contribution in [2.75, 3.05) is 13.2 Å². The van der Waals surface area contributed by atoms with Gasteiger partial charge in [0.05, 0.1) is 31.7 Å². The Morgan fingerprint density at radius 2 is 2.16 bits per heavy atom. The highest BCUT2D eigenvalue weighted by atomic mass is 35.5. The Morgan fingerprint density at radius 3 is 2.72 bits per heavy atom. The number of carbonyl (C=O) groups is 1. The van der Waals surface area contributed by atoms with E-state index in [-0.39, 0.29) is 36.2 Å². The molecule has 0 aromatic carbocycles. The van der Waals surface area contributed by atoms with Crippen molar-refractivity contribution >= 4 is 24.1 Å². The first-order valence-electron chi connectivity index (χ1n) is 7.76. The molecule has 138 valence electrons. The van der Waals surface area contributed by atoms with E-state index < -0.39 is 0 Å². The SMILES string of the molecule is CC(C)(C)N/N=C\C(OCc1ccc(COCCO)nc1)=C(\Cl)C=O. The number of carbonyl (C=O) groups excluding carboxylic acids is 1. The number of rotatable bonds is 10. The summed E-state index contributed by atoms with van der Waals surface area (Å²) in [6.45, 7) is 6.62. The molecule has 0 unspecified atom stereocenters. The van der Waals surface area contributed by atoms with Crippen LogP contribution in [0.2, 0.25) is 0 Å². The lowest BCUT2D eigenvalue weighted by Gasteiger charge is -2.17. The second-order valence-electron chi connectivity index (χ2n) is 6.17. The van der Waals surface area contributed by atoms with Crippen LogP contribution in [0.4, 0.5) is 0 Å². The summed E-state index contributed by atoms with van der Waals surface area (Å²) in [4.78, 5) is 15.1. The van der Waals surface area contributed by atoms with Crippen LogP contribution >= 0.6 is 11.6 Å². The molecule has 1 rings (SSSR count). The minimum atomic E-state index is -0.215. The van der Waals surface area contributed by atoms with Gasteiger partial charge in [-0.3, -0.25) is 9.78 Å². The van der Waals surface area contributed by atoms with E-state index >= 15 is 0 Å². The van der Waals surface area contributed by atoms with Crippen LogP contribution in [0.1, 0.15) is 32.0 Å². The first-order chi connectivity index (χ1) is 11.9. The summed E-state index contributed by atoms with van der Waals surface area (Å²) >= 11 is 5.86. The summed E-state index contributed by atoms with van der Waals surface area (Å²) < 4.78 is 10.7. The van der Waals surface area contributed by atoms with Gasteiger partial charge >= 0.3 is 0 Å². The Bertz CT molecular complexity index is 595. The zero-order valence-electron chi connectivity index (χ0n) is 14.7. The molecule has 0 aliphatic carbocycles. The lowest BCUT2D eigenvalue weighted by Crippen LogP contribution is -2.31. The summed E-state index contributed by atoms with van der Waals surface area (Å²) in [5.74, 6) is 0.170. The van der Waals surface area contributed by atoms with E-state index in [0.29, 0.717) is 12.9 Å². The van der Waals surface area contributed by atoms with Crippen LogP contribution in [0.25, 0.3) is 0 Å². The van der Waals surface area contributed by atoms with Gasteiger partial charge in [-0.25, -0.2) is 0 Å². The highest BCUT2D eigenvalue weighted by Gasteiger charge is 2.08. The number of halogens is 1. The molecule has 2 N–H and O–H groups in total. The number of aromatic nitrogens is 1. The molecule has 25 heavy (non-hydrogen) atoms. The Morgan fingerprint density at radius 1 is 1.40 bits per heavy atom. The molecule has 1 heterocycles. The number of hydrogen-bond acceptors (Lipinski definition) is 7. The third kappa shape index (κ3) is 9.19. The topological polar surface area (TPSA) is 93.0 Å². The first kappa shape index (κ1) is 21.1. The van der Waals surface area contributed by atoms with E-state index in [0.717, 1.165) is 11.3 Å². The Hall–Kier alpha value is -1.96. The molecular formula is C17H24ClN3O4. The van der Waals surface area contributed by atoms with Crippen molar-refractivity contribution < 1.29 is 19.4 Å². The normalized spacial score (nSPS) is 12.8. The summed E-state index contributed by atoms with van der Waals surface area (Å²) in [6.07, 6.45) is 3.51. The van der Waals surface area contributed by atoms with Crippen LogP contribution in [0.5, 0.6) is 0 Å². The molecule has 0 saturated carbocycles. The Balaban J connectivity index is 2.63. The maximum atomic E-state index is 10.9. The van der Waals surface area contributed by atoms with Crippen molar-refractivity contribution in [3.05, 3.63) is 40.4 Å². The molecule has 0 atom stereocenters. The second kappa shape index (κ2) is 10.8. The Labute approximate surface area is 152 Å². The zero-order valence-corrected chi connectivity index (χ0v) is 15.4. The zero-order chi connectivity index (χ0) is 18.7. The van der Waals surface area contributed by atoms with Crippen LogP contribution in [0.3, 0.4) is 0 Å². The minimum Gasteiger partial charge on any atom is -0.485 e. The van der Waals surface area contributed by atoms with Crippen molar-refractivity contribution in [3.8, 4) is 0 Å². The molecule has 0 fully saturated rings. The fourth-order valence-corrected chi connectivity index (χ4v) is 1.64. The molecule has 1 aromatic rings. The first-order valence-corrected chi connectivity index (χ1v) is 8.14. The van der Waals surface area contributed by atoms with Crippen LogP contribution in [0.15, 0.2) is 34.2 Å². The number of hydrogen-bond donors (Lipinski definition) is 2. The van der Waals surface area contributed by atoms with Crippen LogP contribution in [-0.2, 0) is 27.5 Å². The number of pyridine rings is 1. The number of hydrazone groups is 1. The predicted octanol–water partition coefficient (Wildman–Crippen LogP) is 2.13. The average Bonchev–Trinajstić information content (AvgIpc) is 2.57. The number of aliphatic hydroxyl groups excluding tert-OH is 1. The highest BCUT2D eigenvalue weighted by Crippen LogP contribution is 2.11. The molecule has 0 bridgehead atoms. The molecule has 0 aliphatic rings. The maximum Gasteiger partial charge on any atom is 0.165 e. The van der Waals surface area contributed by atoms with Gasteiger partial charge in [0.2, 0.25) is 0 Å². The van der Waals surface area contributed by atoms with Crippen molar-refractivity contribution in [3.63, 3.8) is 0 Å². The van der Waals surface area contributed by atoms with E-state index in [4.69, 9.17) is 26.2 Å². The summed E-state index contributed by atoms with van der Waals surface area (Å²) in [5, 5.41) is 12.6. The van der Waals surface area contributed by atoms with Gasteiger partial charge in [0.25, 0.3) is 0 Å². The predicted molar refractivity (Wildman–Crippen MR) is 96.1 cm³/mol. The third-order valence-electron chi connectivity index (χ3n) is 2.69. The average molecular weight is 370 g/mol. The summed E-state index contributed by atoms with van der Waals surface area (Å²) in [7, 11) is 0. The van der Waals surface area contributed by atoms with Crippen LogP contribution in [-0.4, -0.2) is 41.3 Å². The van der Waals surface area contributed by atoms with Gasteiger partial charge in [0.15, 0.2) is 12.0 Å². The maximum absolute atomic E-state index is 10.9. The minimum absolute atomic E-state index is 0.0237. The van der Waals surface area contributed by atoms with Crippen molar-refractivity contribution in [2.45, 2.75) is 39.5 Å². The Kier molecular flexibility index (Phi) is 9.12. The number of nitrogens with one attached hydrogen (secondary N) is 1. The van der Waals surface area contributed by atoms with Crippen LogP contribution in [0, 0.1) is 0 Å². The lowest BCUT2D eigenvalue weighted by molar-refractivity contribution is -0.104. The van der Waals surface area contributed by atoms with Gasteiger partial charge in [-0.1, -0.05) is 17.7 Å². The molecule has 0 amide bonds. The largest absolute Gasteiger partial charge is 0.485 e. The van der Waals surface area contributed by atoms with E-state index in [1.54, 1.807) is 12.3 Å². The van der Waals surface area contributed by atoms with Gasteiger partial charge in [0, 0.05) is 17.3 Å². The van der Waals surface area contributed by atoms with Gasteiger partial charge in [-0.2, -0.15) is 5.10 Å². The van der Waals surface area contributed by atoms with Gasteiger partial charge in [0.1, 0.15) is 11.6 Å². The third-order valence-corrected chi connectivity index (χ3v) is 2.96.